The van der Waals surface area contributed by atoms with Crippen LogP contribution in [0.4, 0.5) is 25.0 Å². The highest BCUT2D eigenvalue weighted by Crippen LogP contribution is 2.47. The molecule has 3 aromatic rings. The van der Waals surface area contributed by atoms with Gasteiger partial charge in [-0.25, -0.2) is 18.4 Å². The minimum Gasteiger partial charge on any atom is -0.507 e. The molecule has 1 fully saturated rings. The molecule has 0 aliphatic carbocycles. The average Bonchev–Trinajstić information content (AvgIpc) is 2.89. The molecule has 0 atom stereocenters. The van der Waals surface area contributed by atoms with Gasteiger partial charge >= 0.3 is 6.09 Å². The highest BCUT2D eigenvalue weighted by Gasteiger charge is 2.33. The first-order chi connectivity index (χ1) is 18.2. The van der Waals surface area contributed by atoms with E-state index in [9.17, 15) is 24.2 Å². The molecule has 7 nitrogen and oxygen atoms in total. The number of hydrogen-bond acceptors (Lipinski definition) is 5. The third kappa shape index (κ3) is 4.17. The zero-order valence-electron chi connectivity index (χ0n) is 20.8. The maximum absolute atomic E-state index is 15.7. The number of halogens is 2. The van der Waals surface area contributed by atoms with Crippen LogP contribution >= 0.6 is 0 Å². The van der Waals surface area contributed by atoms with E-state index in [2.05, 4.69) is 0 Å². The van der Waals surface area contributed by atoms with Crippen LogP contribution in [0.3, 0.4) is 0 Å². The lowest BCUT2D eigenvalue weighted by Gasteiger charge is -2.40. The van der Waals surface area contributed by atoms with Gasteiger partial charge in [0, 0.05) is 43.0 Å². The number of allylic oxidation sites excluding steroid dienone is 1. The smallest absolute Gasteiger partial charge is 0.407 e. The van der Waals surface area contributed by atoms with Crippen molar-refractivity contribution in [1.29, 1.82) is 0 Å². The number of amides is 1. The molecule has 5 rings (SSSR count). The van der Waals surface area contributed by atoms with Crippen molar-refractivity contribution in [3.8, 4) is 16.9 Å². The van der Waals surface area contributed by atoms with Crippen LogP contribution in [0.25, 0.3) is 16.8 Å². The van der Waals surface area contributed by atoms with E-state index in [0.717, 1.165) is 17.2 Å². The maximum atomic E-state index is 15.7. The first kappa shape index (κ1) is 25.0. The SMILES string of the molecule is Cc1cccc(C)c1N1C(=C=O)C=C(N2CCN(C(=O)O)CC2)c2cc(F)c(-c3c(O)cccc3F)cc21. The number of benzene rings is 3. The second kappa shape index (κ2) is 9.68. The van der Waals surface area contributed by atoms with Crippen LogP contribution in [0.1, 0.15) is 16.7 Å². The highest BCUT2D eigenvalue weighted by atomic mass is 19.1. The Balaban J connectivity index is 1.75. The molecule has 0 spiro atoms. The van der Waals surface area contributed by atoms with Gasteiger partial charge in [-0.15, -0.1) is 0 Å². The zero-order chi connectivity index (χ0) is 27.1. The van der Waals surface area contributed by atoms with Crippen molar-refractivity contribution in [2.24, 2.45) is 0 Å². The standard InChI is InChI=1S/C29H25F2N3O4/c1-17-5-3-6-18(2)28(17)34-19(16-35)13-24(32-9-11-33(12-10-32)29(37)38)21-14-23(31)20(15-25(21)34)27-22(30)7-4-8-26(27)36/h3-8,13-15,36H,9-12H2,1-2H3,(H,37,38). The fraction of sp³-hybridized carbons (Fsp3) is 0.207. The first-order valence-corrected chi connectivity index (χ1v) is 12.1. The van der Waals surface area contributed by atoms with Gasteiger partial charge in [0.1, 0.15) is 23.1 Å². The third-order valence-corrected chi connectivity index (χ3v) is 7.04. The number of rotatable bonds is 3. The Labute approximate surface area is 218 Å². The number of nitrogens with zero attached hydrogens (tertiary/aromatic N) is 3. The number of piperazine rings is 1. The molecule has 0 bridgehead atoms. The number of phenols is 1. The Morgan fingerprint density at radius 3 is 2.18 bits per heavy atom. The molecule has 1 amide bonds. The molecule has 2 aliphatic heterocycles. The Morgan fingerprint density at radius 1 is 0.921 bits per heavy atom. The van der Waals surface area contributed by atoms with E-state index in [1.165, 1.54) is 29.2 Å². The van der Waals surface area contributed by atoms with Crippen molar-refractivity contribution in [2.45, 2.75) is 13.8 Å². The van der Waals surface area contributed by atoms with Crippen LogP contribution in [-0.2, 0) is 4.79 Å². The molecule has 0 radical (unpaired) electrons. The van der Waals surface area contributed by atoms with Crippen LogP contribution in [-0.4, -0.2) is 58.2 Å². The number of para-hydroxylation sites is 1. The van der Waals surface area contributed by atoms with Gasteiger partial charge in [-0.1, -0.05) is 24.3 Å². The summed E-state index contributed by atoms with van der Waals surface area (Å²) in [6, 6.07) is 12.1. The molecule has 9 heteroatoms. The molecule has 0 aromatic heterocycles. The Morgan fingerprint density at radius 2 is 1.58 bits per heavy atom. The molecule has 38 heavy (non-hydrogen) atoms. The van der Waals surface area contributed by atoms with Gasteiger partial charge in [0.15, 0.2) is 5.94 Å². The van der Waals surface area contributed by atoms with E-state index in [1.807, 2.05) is 42.9 Å². The fourth-order valence-corrected chi connectivity index (χ4v) is 5.20. The number of anilines is 2. The quantitative estimate of drug-likeness (QED) is 0.449. The maximum Gasteiger partial charge on any atom is 0.407 e. The summed E-state index contributed by atoms with van der Waals surface area (Å²) in [4.78, 5) is 28.6. The molecule has 0 saturated carbocycles. The topological polar surface area (TPSA) is 84.3 Å². The summed E-state index contributed by atoms with van der Waals surface area (Å²) in [7, 11) is 0. The van der Waals surface area contributed by atoms with Gasteiger partial charge in [0.05, 0.1) is 16.9 Å². The second-order valence-electron chi connectivity index (χ2n) is 9.33. The fourth-order valence-electron chi connectivity index (χ4n) is 5.20. The van der Waals surface area contributed by atoms with E-state index in [0.29, 0.717) is 35.7 Å². The minimum atomic E-state index is -1.02. The monoisotopic (exact) mass is 517 g/mol. The van der Waals surface area contributed by atoms with E-state index in [-0.39, 0.29) is 29.9 Å². The Kier molecular flexibility index (Phi) is 6.38. The Hall–Kier alpha value is -4.62. The summed E-state index contributed by atoms with van der Waals surface area (Å²) < 4.78 is 30.5. The number of phenolic OH excluding ortho intramolecular Hbond substituents is 1. The minimum absolute atomic E-state index is 0.155. The van der Waals surface area contributed by atoms with E-state index < -0.39 is 23.5 Å². The number of carboxylic acid groups (broad SMARTS) is 1. The van der Waals surface area contributed by atoms with Gasteiger partial charge in [-0.2, -0.15) is 0 Å². The number of aryl methyl sites for hydroxylation is 2. The van der Waals surface area contributed by atoms with Gasteiger partial charge in [0.2, 0.25) is 0 Å². The van der Waals surface area contributed by atoms with Crippen molar-refractivity contribution in [3.05, 3.63) is 88.6 Å². The largest absolute Gasteiger partial charge is 0.507 e. The summed E-state index contributed by atoms with van der Waals surface area (Å²) in [5, 5.41) is 19.7. The van der Waals surface area contributed by atoms with Crippen molar-refractivity contribution in [2.75, 3.05) is 31.1 Å². The summed E-state index contributed by atoms with van der Waals surface area (Å²) in [5.41, 5.74) is 3.55. The summed E-state index contributed by atoms with van der Waals surface area (Å²) in [5.74, 6) is 0.0585. The number of fused-ring (bicyclic) bond motifs is 1. The second-order valence-corrected chi connectivity index (χ2v) is 9.33. The summed E-state index contributed by atoms with van der Waals surface area (Å²) in [6.45, 7) is 4.94. The zero-order valence-corrected chi connectivity index (χ0v) is 20.8. The van der Waals surface area contributed by atoms with Gasteiger partial charge in [0.25, 0.3) is 0 Å². The lowest BCUT2D eigenvalue weighted by atomic mass is 9.93. The molecule has 194 valence electrons. The van der Waals surface area contributed by atoms with E-state index >= 15 is 4.39 Å². The predicted octanol–water partition coefficient (Wildman–Crippen LogP) is 5.46. The Bertz CT molecular complexity index is 1500. The lowest BCUT2D eigenvalue weighted by Crippen LogP contribution is -2.47. The lowest BCUT2D eigenvalue weighted by molar-refractivity contribution is 0.122. The van der Waals surface area contributed by atoms with Crippen molar-refractivity contribution >= 4 is 29.1 Å². The van der Waals surface area contributed by atoms with Gasteiger partial charge in [-0.05, 0) is 55.3 Å². The number of carbonyl (C=O) groups is 1. The predicted molar refractivity (Wildman–Crippen MR) is 140 cm³/mol. The van der Waals surface area contributed by atoms with Crippen molar-refractivity contribution in [3.63, 3.8) is 0 Å². The van der Waals surface area contributed by atoms with E-state index in [1.54, 1.807) is 11.0 Å². The molecular weight excluding hydrogens is 492 g/mol. The summed E-state index contributed by atoms with van der Waals surface area (Å²) in [6.07, 6.45) is 0.606. The van der Waals surface area contributed by atoms with Gasteiger partial charge < -0.3 is 20.0 Å². The normalized spacial score (nSPS) is 15.2. The molecule has 2 heterocycles. The van der Waals surface area contributed by atoms with Gasteiger partial charge in [-0.3, -0.25) is 4.90 Å². The van der Waals surface area contributed by atoms with Crippen LogP contribution in [0, 0.1) is 25.5 Å². The van der Waals surface area contributed by atoms with Crippen molar-refractivity contribution in [1.82, 2.24) is 9.80 Å². The molecule has 0 unspecified atom stereocenters. The molecule has 1 saturated heterocycles. The van der Waals surface area contributed by atoms with Crippen LogP contribution in [0.2, 0.25) is 0 Å². The van der Waals surface area contributed by atoms with Crippen LogP contribution < -0.4 is 4.90 Å². The molecular formula is C29H25F2N3O4. The number of carbonyl (C=O) groups excluding carboxylic acids is 1. The highest BCUT2D eigenvalue weighted by molar-refractivity contribution is 5.95. The molecule has 2 aliphatic rings. The average molecular weight is 518 g/mol. The number of hydrogen-bond donors (Lipinski definition) is 2. The number of aromatic hydroxyl groups is 1. The molecule has 2 N–H and O–H groups in total. The van der Waals surface area contributed by atoms with E-state index in [4.69, 9.17) is 0 Å². The third-order valence-electron chi connectivity index (χ3n) is 7.04. The molecule has 3 aromatic carbocycles. The van der Waals surface area contributed by atoms with Crippen molar-refractivity contribution < 1.29 is 28.6 Å². The summed E-state index contributed by atoms with van der Waals surface area (Å²) >= 11 is 0. The van der Waals surface area contributed by atoms with Crippen LogP contribution in [0.15, 0.2) is 60.3 Å². The first-order valence-electron chi connectivity index (χ1n) is 12.1. The van der Waals surface area contributed by atoms with Crippen LogP contribution in [0.5, 0.6) is 5.75 Å².